The second kappa shape index (κ2) is 9.67. The number of ether oxygens (including phenoxy) is 1. The number of hydrogen-bond donors (Lipinski definition) is 0. The molecule has 0 aromatic heterocycles. The molecular weight excluding hydrogens is 437 g/mol. The first-order chi connectivity index (χ1) is 15.4. The van der Waals surface area contributed by atoms with E-state index < -0.39 is 40.7 Å². The second-order valence-corrected chi connectivity index (χ2v) is 9.58. The van der Waals surface area contributed by atoms with Crippen molar-refractivity contribution in [3.05, 3.63) is 57.4 Å². The van der Waals surface area contributed by atoms with Crippen LogP contribution < -0.4 is 0 Å². The Morgan fingerprint density at radius 1 is 1.30 bits per heavy atom. The topological polar surface area (TPSA) is 72.7 Å². The molecule has 2 aliphatic rings. The van der Waals surface area contributed by atoms with Gasteiger partial charge in [-0.05, 0) is 58.1 Å². The molecule has 0 amide bonds. The summed E-state index contributed by atoms with van der Waals surface area (Å²) in [5.74, 6) is -4.32. The summed E-state index contributed by atoms with van der Waals surface area (Å²) < 4.78 is 49.9. The first kappa shape index (κ1) is 25.0. The Balaban J connectivity index is 1.70. The average Bonchev–Trinajstić information content (AvgIpc) is 2.83. The third kappa shape index (κ3) is 6.43. The molecule has 1 aromatic carbocycles. The summed E-state index contributed by atoms with van der Waals surface area (Å²) in [5, 5.41) is 10.8. The van der Waals surface area contributed by atoms with Gasteiger partial charge in [0, 0.05) is 37.2 Å². The van der Waals surface area contributed by atoms with E-state index in [0.717, 1.165) is 6.07 Å². The van der Waals surface area contributed by atoms with Crippen molar-refractivity contribution in [1.82, 2.24) is 4.90 Å². The molecule has 33 heavy (non-hydrogen) atoms. The number of benzene rings is 1. The van der Waals surface area contributed by atoms with Crippen molar-refractivity contribution in [2.24, 2.45) is 0 Å². The first-order valence-electron chi connectivity index (χ1n) is 11.0. The summed E-state index contributed by atoms with van der Waals surface area (Å²) in [6.45, 7) is 5.73. The standard InChI is InChI=1S/C24H29F3N2O4/c1-23(2,3)33-22(30)13-16-5-4-6-21(24(26,27)15-16)28-11-9-17(10-12-28)19-8-7-18(29(31)32)14-20(19)25/h7-9,13-14,21H,4-6,10-12,15H2,1-3H3/b16-13-. The third-order valence-corrected chi connectivity index (χ3v) is 5.85. The lowest BCUT2D eigenvalue weighted by molar-refractivity contribution is -0.385. The maximum atomic E-state index is 15.2. The van der Waals surface area contributed by atoms with Gasteiger partial charge in [-0.1, -0.05) is 11.6 Å². The van der Waals surface area contributed by atoms with E-state index in [1.165, 1.54) is 18.2 Å². The highest BCUT2D eigenvalue weighted by atomic mass is 19.3. The molecule has 1 aromatic rings. The maximum absolute atomic E-state index is 15.2. The molecule has 6 nitrogen and oxygen atoms in total. The number of halogens is 3. The van der Waals surface area contributed by atoms with Crippen molar-refractivity contribution in [2.75, 3.05) is 13.1 Å². The van der Waals surface area contributed by atoms with Gasteiger partial charge in [-0.15, -0.1) is 0 Å². The molecule has 1 saturated carbocycles. The summed E-state index contributed by atoms with van der Waals surface area (Å²) in [4.78, 5) is 23.9. The quantitative estimate of drug-likeness (QED) is 0.188. The van der Waals surface area contributed by atoms with E-state index in [-0.39, 0.29) is 24.2 Å². The molecule has 0 N–H and O–H groups in total. The number of esters is 1. The lowest BCUT2D eigenvalue weighted by Gasteiger charge is -2.37. The predicted octanol–water partition coefficient (Wildman–Crippen LogP) is 5.67. The number of hydrogen-bond acceptors (Lipinski definition) is 5. The van der Waals surface area contributed by atoms with E-state index in [4.69, 9.17) is 4.74 Å². The van der Waals surface area contributed by atoms with Gasteiger partial charge in [0.1, 0.15) is 11.4 Å². The minimum absolute atomic E-state index is 0.233. The number of carbonyl (C=O) groups is 1. The Morgan fingerprint density at radius 2 is 2.03 bits per heavy atom. The third-order valence-electron chi connectivity index (χ3n) is 5.85. The van der Waals surface area contributed by atoms with Crippen molar-refractivity contribution in [1.29, 1.82) is 0 Å². The van der Waals surface area contributed by atoms with Crippen LogP contribution in [0.4, 0.5) is 18.9 Å². The number of rotatable bonds is 4. The van der Waals surface area contributed by atoms with Gasteiger partial charge in [-0.25, -0.2) is 18.0 Å². The van der Waals surface area contributed by atoms with Crippen molar-refractivity contribution < 1.29 is 27.6 Å². The van der Waals surface area contributed by atoms with Crippen molar-refractivity contribution in [2.45, 2.75) is 70.4 Å². The maximum Gasteiger partial charge on any atom is 0.331 e. The predicted molar refractivity (Wildman–Crippen MR) is 118 cm³/mol. The Labute approximate surface area is 191 Å². The average molecular weight is 467 g/mol. The molecule has 0 bridgehead atoms. The van der Waals surface area contributed by atoms with Crippen LogP contribution in [0.25, 0.3) is 5.57 Å². The first-order valence-corrected chi connectivity index (χ1v) is 11.0. The smallest absolute Gasteiger partial charge is 0.331 e. The van der Waals surface area contributed by atoms with Crippen LogP contribution >= 0.6 is 0 Å². The fraction of sp³-hybridized carbons (Fsp3) is 0.542. The fourth-order valence-electron chi connectivity index (χ4n) is 4.40. The van der Waals surface area contributed by atoms with Gasteiger partial charge in [0.15, 0.2) is 0 Å². The zero-order chi connectivity index (χ0) is 24.4. The van der Waals surface area contributed by atoms with E-state index in [2.05, 4.69) is 0 Å². The molecule has 3 rings (SSSR count). The highest BCUT2D eigenvalue weighted by molar-refractivity contribution is 5.83. The van der Waals surface area contributed by atoms with Crippen molar-refractivity contribution in [3.63, 3.8) is 0 Å². The van der Waals surface area contributed by atoms with Gasteiger partial charge in [0.05, 0.1) is 17.0 Å². The highest BCUT2D eigenvalue weighted by Gasteiger charge is 2.45. The molecule has 1 aliphatic heterocycles. The van der Waals surface area contributed by atoms with Crippen LogP contribution in [-0.4, -0.2) is 46.4 Å². The Morgan fingerprint density at radius 3 is 2.61 bits per heavy atom. The lowest BCUT2D eigenvalue weighted by atomic mass is 9.95. The van der Waals surface area contributed by atoms with Gasteiger partial charge in [0.2, 0.25) is 0 Å². The monoisotopic (exact) mass is 466 g/mol. The van der Waals surface area contributed by atoms with Crippen LogP contribution in [0, 0.1) is 15.9 Å². The number of carbonyl (C=O) groups excluding carboxylic acids is 1. The molecule has 9 heteroatoms. The van der Waals surface area contributed by atoms with E-state index in [9.17, 15) is 19.3 Å². The van der Waals surface area contributed by atoms with E-state index >= 15 is 8.78 Å². The van der Waals surface area contributed by atoms with E-state index in [1.807, 2.05) is 0 Å². The van der Waals surface area contributed by atoms with Gasteiger partial charge < -0.3 is 4.74 Å². The summed E-state index contributed by atoms with van der Waals surface area (Å²) in [7, 11) is 0. The molecule has 0 spiro atoms. The van der Waals surface area contributed by atoms with Crippen molar-refractivity contribution in [3.8, 4) is 0 Å². The van der Waals surface area contributed by atoms with Crippen LogP contribution in [-0.2, 0) is 9.53 Å². The minimum Gasteiger partial charge on any atom is -0.457 e. The molecule has 180 valence electrons. The highest BCUT2D eigenvalue weighted by Crippen LogP contribution is 2.39. The SMILES string of the molecule is CC(C)(C)OC(=O)/C=C1/CCCC(N2CC=C(c3ccc([N+](=O)[O-])cc3F)CC2)C(F)(F)C1. The van der Waals surface area contributed by atoms with Crippen LogP contribution in [0.15, 0.2) is 35.9 Å². The minimum atomic E-state index is -3.02. The molecule has 1 aliphatic carbocycles. The van der Waals surface area contributed by atoms with Gasteiger partial charge in [-0.3, -0.25) is 15.0 Å². The molecule has 1 atom stereocenters. The summed E-state index contributed by atoms with van der Waals surface area (Å²) in [5.41, 5.74) is 0.280. The number of alkyl halides is 2. The number of nitro benzene ring substituents is 1. The molecule has 1 heterocycles. The number of nitro groups is 1. The molecule has 0 saturated heterocycles. The number of allylic oxidation sites excluding steroid dienone is 1. The Kier molecular flexibility index (Phi) is 7.31. The molecule has 0 radical (unpaired) electrons. The normalized spacial score (nSPS) is 23.0. The number of nitrogens with zero attached hydrogens (tertiary/aromatic N) is 2. The Bertz CT molecular complexity index is 982. The van der Waals surface area contributed by atoms with Gasteiger partial charge in [0.25, 0.3) is 11.6 Å². The summed E-state index contributed by atoms with van der Waals surface area (Å²) >= 11 is 0. The van der Waals surface area contributed by atoms with E-state index in [0.29, 0.717) is 37.0 Å². The summed E-state index contributed by atoms with van der Waals surface area (Å²) in [6, 6.07) is 2.49. The molecular formula is C24H29F3N2O4. The zero-order valence-electron chi connectivity index (χ0n) is 19.1. The van der Waals surface area contributed by atoms with Crippen molar-refractivity contribution >= 4 is 17.2 Å². The largest absolute Gasteiger partial charge is 0.457 e. The van der Waals surface area contributed by atoms with Crippen LogP contribution in [0.5, 0.6) is 0 Å². The lowest BCUT2D eigenvalue weighted by Crippen LogP contribution is -2.48. The fourth-order valence-corrected chi connectivity index (χ4v) is 4.40. The van der Waals surface area contributed by atoms with Crippen LogP contribution in [0.2, 0.25) is 0 Å². The van der Waals surface area contributed by atoms with E-state index in [1.54, 1.807) is 31.7 Å². The molecule has 1 fully saturated rings. The number of non-ortho nitro benzene ring substituents is 1. The second-order valence-electron chi connectivity index (χ2n) is 9.58. The molecule has 1 unspecified atom stereocenters. The Hall–Kier alpha value is -2.68. The van der Waals surface area contributed by atoms with Gasteiger partial charge >= 0.3 is 5.97 Å². The van der Waals surface area contributed by atoms with Crippen LogP contribution in [0.3, 0.4) is 0 Å². The van der Waals surface area contributed by atoms with Gasteiger partial charge in [-0.2, -0.15) is 0 Å². The van der Waals surface area contributed by atoms with Crippen LogP contribution in [0.1, 0.15) is 58.4 Å². The zero-order valence-corrected chi connectivity index (χ0v) is 19.1. The summed E-state index contributed by atoms with van der Waals surface area (Å²) in [6.07, 6.45) is 4.00.